The zero-order valence-electron chi connectivity index (χ0n) is 11.2. The van der Waals surface area contributed by atoms with E-state index in [0.717, 1.165) is 12.0 Å². The molecule has 3 nitrogen and oxygen atoms in total. The van der Waals surface area contributed by atoms with E-state index in [2.05, 4.69) is 31.2 Å². The van der Waals surface area contributed by atoms with Crippen LogP contribution in [0.1, 0.15) is 27.7 Å². The van der Waals surface area contributed by atoms with Crippen molar-refractivity contribution in [3.63, 3.8) is 0 Å². The standard InChI is InChI=1S/C15H18N2OS/c1-3-11-4-6-12(7-5-11)10-17(2)15(18)14-13(16)8-9-19-14/h4-9H,3,10,16H2,1-2H3. The Balaban J connectivity index is 2.06. The maximum Gasteiger partial charge on any atom is 0.266 e. The van der Waals surface area contributed by atoms with Gasteiger partial charge in [0.25, 0.3) is 5.91 Å². The lowest BCUT2D eigenvalue weighted by Gasteiger charge is -2.17. The van der Waals surface area contributed by atoms with Crippen molar-refractivity contribution < 1.29 is 4.79 Å². The Morgan fingerprint density at radius 3 is 2.37 bits per heavy atom. The second-order valence-electron chi connectivity index (χ2n) is 4.54. The molecule has 0 saturated carbocycles. The van der Waals surface area contributed by atoms with E-state index < -0.39 is 0 Å². The van der Waals surface area contributed by atoms with Crippen LogP contribution >= 0.6 is 11.3 Å². The van der Waals surface area contributed by atoms with E-state index in [1.54, 1.807) is 18.0 Å². The number of anilines is 1. The molecule has 1 heterocycles. The minimum absolute atomic E-state index is 0.0212. The van der Waals surface area contributed by atoms with Crippen LogP contribution in [-0.2, 0) is 13.0 Å². The van der Waals surface area contributed by atoms with E-state index >= 15 is 0 Å². The molecule has 4 heteroatoms. The van der Waals surface area contributed by atoms with Crippen LogP contribution in [0.3, 0.4) is 0 Å². The number of hydrogen-bond donors (Lipinski definition) is 1. The molecule has 2 rings (SSSR count). The zero-order valence-corrected chi connectivity index (χ0v) is 12.0. The summed E-state index contributed by atoms with van der Waals surface area (Å²) in [7, 11) is 1.80. The second kappa shape index (κ2) is 5.89. The van der Waals surface area contributed by atoms with Gasteiger partial charge in [0.2, 0.25) is 0 Å². The van der Waals surface area contributed by atoms with Crippen LogP contribution in [0.15, 0.2) is 35.7 Å². The number of aryl methyl sites for hydroxylation is 1. The first-order valence-corrected chi connectivity index (χ1v) is 7.16. The fraction of sp³-hybridized carbons (Fsp3) is 0.267. The number of nitrogens with zero attached hydrogens (tertiary/aromatic N) is 1. The highest BCUT2D eigenvalue weighted by Crippen LogP contribution is 2.21. The van der Waals surface area contributed by atoms with Gasteiger partial charge in [0, 0.05) is 13.6 Å². The average Bonchev–Trinajstić information content (AvgIpc) is 2.85. The maximum absolute atomic E-state index is 12.2. The first-order valence-electron chi connectivity index (χ1n) is 6.28. The van der Waals surface area contributed by atoms with Gasteiger partial charge in [0.05, 0.1) is 5.69 Å². The number of benzene rings is 1. The van der Waals surface area contributed by atoms with Crippen molar-refractivity contribution in [1.82, 2.24) is 4.90 Å². The molecule has 100 valence electrons. The number of rotatable bonds is 4. The van der Waals surface area contributed by atoms with Crippen LogP contribution in [0.4, 0.5) is 5.69 Å². The highest BCUT2D eigenvalue weighted by atomic mass is 32.1. The van der Waals surface area contributed by atoms with Gasteiger partial charge in [-0.15, -0.1) is 11.3 Å². The zero-order chi connectivity index (χ0) is 13.8. The number of carbonyl (C=O) groups is 1. The summed E-state index contributed by atoms with van der Waals surface area (Å²) in [5.41, 5.74) is 8.77. The van der Waals surface area contributed by atoms with Crippen LogP contribution in [0.2, 0.25) is 0 Å². The number of amides is 1. The van der Waals surface area contributed by atoms with Gasteiger partial charge in [-0.2, -0.15) is 0 Å². The summed E-state index contributed by atoms with van der Waals surface area (Å²) in [5.74, 6) is -0.0212. The third kappa shape index (κ3) is 3.15. The van der Waals surface area contributed by atoms with Crippen LogP contribution < -0.4 is 5.73 Å². The fourth-order valence-electron chi connectivity index (χ4n) is 1.89. The summed E-state index contributed by atoms with van der Waals surface area (Å²) in [4.78, 5) is 14.5. The molecule has 0 fully saturated rings. The number of thiophene rings is 1. The molecule has 0 atom stereocenters. The average molecular weight is 274 g/mol. The van der Waals surface area contributed by atoms with Crippen molar-refractivity contribution in [2.75, 3.05) is 12.8 Å². The molecule has 1 aromatic heterocycles. The van der Waals surface area contributed by atoms with Crippen molar-refractivity contribution in [1.29, 1.82) is 0 Å². The van der Waals surface area contributed by atoms with Crippen molar-refractivity contribution >= 4 is 22.9 Å². The molecule has 0 aliphatic carbocycles. The number of nitrogen functional groups attached to an aromatic ring is 1. The molecule has 19 heavy (non-hydrogen) atoms. The largest absolute Gasteiger partial charge is 0.397 e. The highest BCUT2D eigenvalue weighted by molar-refractivity contribution is 7.12. The molecule has 0 unspecified atom stereocenters. The molecule has 2 aromatic rings. The van der Waals surface area contributed by atoms with E-state index in [1.165, 1.54) is 16.9 Å². The van der Waals surface area contributed by atoms with Gasteiger partial charge in [-0.3, -0.25) is 4.79 Å². The summed E-state index contributed by atoms with van der Waals surface area (Å²) >= 11 is 1.39. The van der Waals surface area contributed by atoms with Gasteiger partial charge in [-0.05, 0) is 29.0 Å². The topological polar surface area (TPSA) is 46.3 Å². The lowest BCUT2D eigenvalue weighted by molar-refractivity contribution is 0.0791. The fourth-order valence-corrected chi connectivity index (χ4v) is 2.70. The van der Waals surface area contributed by atoms with E-state index in [-0.39, 0.29) is 5.91 Å². The Morgan fingerprint density at radius 1 is 1.21 bits per heavy atom. The minimum Gasteiger partial charge on any atom is -0.397 e. The molecule has 0 spiro atoms. The summed E-state index contributed by atoms with van der Waals surface area (Å²) in [5, 5.41) is 1.84. The Bertz CT molecular complexity index is 560. The van der Waals surface area contributed by atoms with Crippen LogP contribution in [0, 0.1) is 0 Å². The third-order valence-corrected chi connectivity index (χ3v) is 4.01. The van der Waals surface area contributed by atoms with E-state index in [1.807, 2.05) is 5.38 Å². The van der Waals surface area contributed by atoms with Crippen LogP contribution in [0.25, 0.3) is 0 Å². The molecule has 0 saturated heterocycles. The van der Waals surface area contributed by atoms with Gasteiger partial charge >= 0.3 is 0 Å². The lowest BCUT2D eigenvalue weighted by Crippen LogP contribution is -2.26. The molecule has 1 aromatic carbocycles. The summed E-state index contributed by atoms with van der Waals surface area (Å²) in [6.07, 6.45) is 1.03. The summed E-state index contributed by atoms with van der Waals surface area (Å²) in [6.45, 7) is 2.73. The monoisotopic (exact) mass is 274 g/mol. The Morgan fingerprint density at radius 2 is 1.84 bits per heavy atom. The van der Waals surface area contributed by atoms with Gasteiger partial charge in [-0.1, -0.05) is 31.2 Å². The first-order chi connectivity index (χ1) is 9.11. The molecular formula is C15H18N2OS. The predicted octanol–water partition coefficient (Wildman–Crippen LogP) is 3.16. The Labute approximate surface area is 117 Å². The van der Waals surface area contributed by atoms with E-state index in [4.69, 9.17) is 5.73 Å². The summed E-state index contributed by atoms with van der Waals surface area (Å²) in [6, 6.07) is 10.1. The predicted molar refractivity (Wildman–Crippen MR) is 80.3 cm³/mol. The third-order valence-electron chi connectivity index (χ3n) is 3.09. The van der Waals surface area contributed by atoms with E-state index in [9.17, 15) is 4.79 Å². The molecular weight excluding hydrogens is 256 g/mol. The molecule has 0 bridgehead atoms. The molecule has 1 amide bonds. The van der Waals surface area contributed by atoms with Gasteiger partial charge in [0.15, 0.2) is 0 Å². The SMILES string of the molecule is CCc1ccc(CN(C)C(=O)c2sccc2N)cc1. The Hall–Kier alpha value is -1.81. The number of hydrogen-bond acceptors (Lipinski definition) is 3. The molecule has 0 radical (unpaired) electrons. The van der Waals surface area contributed by atoms with Crippen LogP contribution in [-0.4, -0.2) is 17.9 Å². The quantitative estimate of drug-likeness (QED) is 0.931. The van der Waals surface area contributed by atoms with Gasteiger partial charge < -0.3 is 10.6 Å². The van der Waals surface area contributed by atoms with E-state index in [0.29, 0.717) is 17.1 Å². The van der Waals surface area contributed by atoms with Crippen LogP contribution in [0.5, 0.6) is 0 Å². The second-order valence-corrected chi connectivity index (χ2v) is 5.45. The minimum atomic E-state index is -0.0212. The smallest absolute Gasteiger partial charge is 0.266 e. The van der Waals surface area contributed by atoms with Crippen molar-refractivity contribution in [2.45, 2.75) is 19.9 Å². The normalized spacial score (nSPS) is 10.4. The van der Waals surface area contributed by atoms with Crippen molar-refractivity contribution in [3.05, 3.63) is 51.7 Å². The molecule has 2 N–H and O–H groups in total. The maximum atomic E-state index is 12.2. The summed E-state index contributed by atoms with van der Waals surface area (Å²) < 4.78 is 0. The first kappa shape index (κ1) is 13.6. The van der Waals surface area contributed by atoms with Crippen molar-refractivity contribution in [2.24, 2.45) is 0 Å². The molecule has 0 aliphatic heterocycles. The Kier molecular flexibility index (Phi) is 4.22. The molecule has 0 aliphatic rings. The van der Waals surface area contributed by atoms with Crippen molar-refractivity contribution in [3.8, 4) is 0 Å². The number of carbonyl (C=O) groups excluding carboxylic acids is 1. The number of nitrogens with two attached hydrogens (primary N) is 1. The highest BCUT2D eigenvalue weighted by Gasteiger charge is 2.16. The van der Waals surface area contributed by atoms with Gasteiger partial charge in [-0.25, -0.2) is 0 Å². The lowest BCUT2D eigenvalue weighted by atomic mass is 10.1. The van der Waals surface area contributed by atoms with Gasteiger partial charge in [0.1, 0.15) is 4.88 Å².